The Morgan fingerprint density at radius 1 is 1.26 bits per heavy atom. The predicted octanol–water partition coefficient (Wildman–Crippen LogP) is 3.56. The lowest BCUT2D eigenvalue weighted by molar-refractivity contribution is -0.138. The monoisotopic (exact) mass is 328 g/mol. The molecule has 1 aliphatic rings. The summed E-state index contributed by atoms with van der Waals surface area (Å²) in [5.74, 6) is -0.0751. The van der Waals surface area contributed by atoms with Gasteiger partial charge < -0.3 is 10.6 Å². The number of rotatable bonds is 3. The first-order valence-corrected chi connectivity index (χ1v) is 8.30. The zero-order chi connectivity index (χ0) is 16.4. The number of hydrogen-bond acceptors (Lipinski definition) is 2. The smallest absolute Gasteiger partial charge is 0.227 e. The van der Waals surface area contributed by atoms with Crippen LogP contribution in [0.5, 0.6) is 0 Å². The molecule has 0 spiro atoms. The summed E-state index contributed by atoms with van der Waals surface area (Å²) < 4.78 is 0. The van der Waals surface area contributed by atoms with Crippen LogP contribution in [0.1, 0.15) is 29.7 Å². The van der Waals surface area contributed by atoms with Crippen LogP contribution in [0.4, 0.5) is 0 Å². The molecule has 23 heavy (non-hydrogen) atoms. The maximum atomic E-state index is 12.8. The summed E-state index contributed by atoms with van der Waals surface area (Å²) in [7, 11) is 0. The summed E-state index contributed by atoms with van der Waals surface area (Å²) >= 11 is 6.12. The van der Waals surface area contributed by atoms with E-state index >= 15 is 0 Å². The second-order valence-corrected chi connectivity index (χ2v) is 6.58. The molecule has 1 aliphatic heterocycles. The average Bonchev–Trinajstić information content (AvgIpc) is 2.60. The van der Waals surface area contributed by atoms with Crippen LogP contribution >= 0.6 is 11.6 Å². The van der Waals surface area contributed by atoms with Crippen molar-refractivity contribution in [1.29, 1.82) is 0 Å². The fourth-order valence-electron chi connectivity index (χ4n) is 3.14. The molecule has 0 saturated heterocycles. The number of carbonyl (C=O) groups is 1. The van der Waals surface area contributed by atoms with Crippen molar-refractivity contribution in [1.82, 2.24) is 4.90 Å². The maximum absolute atomic E-state index is 12.8. The molecule has 3 nitrogen and oxygen atoms in total. The lowest BCUT2D eigenvalue weighted by Crippen LogP contribution is -2.43. The minimum absolute atomic E-state index is 0.0476. The van der Waals surface area contributed by atoms with Crippen molar-refractivity contribution in [2.24, 2.45) is 11.7 Å². The Balaban J connectivity index is 2.00. The maximum Gasteiger partial charge on any atom is 0.227 e. The number of nitrogens with zero attached hydrogens (tertiary/aromatic N) is 1. The quantitative estimate of drug-likeness (QED) is 0.936. The third-order valence-electron chi connectivity index (χ3n) is 4.54. The topological polar surface area (TPSA) is 46.3 Å². The standard InChI is InChI=1S/C19H21ClN2O/c1-13(11-21)19(23)22-12-16-9-17(20)8-7-15(16)10-18(22)14-5-3-2-4-6-14/h2-9,13,18H,10-12,21H2,1H3. The number of fused-ring (bicyclic) bond motifs is 1. The highest BCUT2D eigenvalue weighted by molar-refractivity contribution is 6.30. The van der Waals surface area contributed by atoms with Crippen LogP contribution in [0.25, 0.3) is 0 Å². The molecule has 2 unspecified atom stereocenters. The molecule has 3 rings (SSSR count). The van der Waals surface area contributed by atoms with Gasteiger partial charge in [0.2, 0.25) is 5.91 Å². The van der Waals surface area contributed by atoms with Crippen molar-refractivity contribution in [3.05, 3.63) is 70.2 Å². The van der Waals surface area contributed by atoms with Gasteiger partial charge >= 0.3 is 0 Å². The van der Waals surface area contributed by atoms with E-state index in [1.165, 1.54) is 5.56 Å². The number of hydrogen-bond donors (Lipinski definition) is 1. The lowest BCUT2D eigenvalue weighted by Gasteiger charge is -2.38. The molecule has 2 aromatic rings. The highest BCUT2D eigenvalue weighted by atomic mass is 35.5. The Kier molecular flexibility index (Phi) is 4.69. The number of nitrogens with two attached hydrogens (primary N) is 1. The van der Waals surface area contributed by atoms with E-state index < -0.39 is 0 Å². The van der Waals surface area contributed by atoms with Gasteiger partial charge in [-0.1, -0.05) is 54.9 Å². The SMILES string of the molecule is CC(CN)C(=O)N1Cc2cc(Cl)ccc2CC1c1ccccc1. The summed E-state index contributed by atoms with van der Waals surface area (Å²) in [6.45, 7) is 2.83. The molecule has 2 atom stereocenters. The second kappa shape index (κ2) is 6.73. The number of carbonyl (C=O) groups excluding carboxylic acids is 1. The van der Waals surface area contributed by atoms with E-state index in [1.807, 2.05) is 42.2 Å². The van der Waals surface area contributed by atoms with Crippen LogP contribution in [0.2, 0.25) is 5.02 Å². The van der Waals surface area contributed by atoms with Crippen molar-refractivity contribution in [2.75, 3.05) is 6.54 Å². The van der Waals surface area contributed by atoms with Gasteiger partial charge in [0.25, 0.3) is 0 Å². The van der Waals surface area contributed by atoms with E-state index in [0.29, 0.717) is 18.1 Å². The molecule has 4 heteroatoms. The predicted molar refractivity (Wildman–Crippen MR) is 93.1 cm³/mol. The average molecular weight is 329 g/mol. The van der Waals surface area contributed by atoms with Crippen molar-refractivity contribution < 1.29 is 4.79 Å². The van der Waals surface area contributed by atoms with E-state index in [0.717, 1.165) is 17.5 Å². The van der Waals surface area contributed by atoms with E-state index in [2.05, 4.69) is 18.2 Å². The molecule has 0 saturated carbocycles. The largest absolute Gasteiger partial charge is 0.331 e. The van der Waals surface area contributed by atoms with Crippen molar-refractivity contribution >= 4 is 17.5 Å². The first kappa shape index (κ1) is 16.0. The highest BCUT2D eigenvalue weighted by Crippen LogP contribution is 2.35. The van der Waals surface area contributed by atoms with Gasteiger partial charge in [0.15, 0.2) is 0 Å². The van der Waals surface area contributed by atoms with Gasteiger partial charge in [-0.25, -0.2) is 0 Å². The van der Waals surface area contributed by atoms with Crippen LogP contribution in [0, 0.1) is 5.92 Å². The van der Waals surface area contributed by atoms with Crippen LogP contribution < -0.4 is 5.73 Å². The van der Waals surface area contributed by atoms with Gasteiger partial charge in [-0.05, 0) is 35.2 Å². The number of halogens is 1. The van der Waals surface area contributed by atoms with Gasteiger partial charge in [-0.3, -0.25) is 4.79 Å². The molecule has 2 aromatic carbocycles. The summed E-state index contributed by atoms with van der Waals surface area (Å²) in [5, 5.41) is 0.709. The molecule has 0 radical (unpaired) electrons. The van der Waals surface area contributed by atoms with Crippen molar-refractivity contribution in [3.63, 3.8) is 0 Å². The Bertz CT molecular complexity index is 702. The summed E-state index contributed by atoms with van der Waals surface area (Å²) in [5.41, 5.74) is 9.26. The summed E-state index contributed by atoms with van der Waals surface area (Å²) in [4.78, 5) is 14.8. The Labute approximate surface area is 142 Å². The molecular formula is C19H21ClN2O. The first-order valence-electron chi connectivity index (χ1n) is 7.93. The Hall–Kier alpha value is -1.84. The zero-order valence-corrected chi connectivity index (χ0v) is 14.0. The lowest BCUT2D eigenvalue weighted by atomic mass is 9.89. The van der Waals surface area contributed by atoms with Gasteiger partial charge in [0.05, 0.1) is 6.04 Å². The van der Waals surface area contributed by atoms with Crippen molar-refractivity contribution in [2.45, 2.75) is 25.9 Å². The molecule has 1 amide bonds. The molecule has 1 heterocycles. The molecule has 0 aliphatic carbocycles. The third kappa shape index (κ3) is 3.26. The van der Waals surface area contributed by atoms with Crippen LogP contribution in [-0.4, -0.2) is 17.4 Å². The van der Waals surface area contributed by atoms with Crippen LogP contribution in [0.3, 0.4) is 0 Å². The molecule has 2 N–H and O–H groups in total. The normalized spacial score (nSPS) is 18.4. The first-order chi connectivity index (χ1) is 11.1. The van der Waals surface area contributed by atoms with E-state index in [-0.39, 0.29) is 17.9 Å². The minimum Gasteiger partial charge on any atom is -0.331 e. The van der Waals surface area contributed by atoms with E-state index in [9.17, 15) is 4.79 Å². The fraction of sp³-hybridized carbons (Fsp3) is 0.316. The molecular weight excluding hydrogens is 308 g/mol. The van der Waals surface area contributed by atoms with Crippen molar-refractivity contribution in [3.8, 4) is 0 Å². The number of benzene rings is 2. The van der Waals surface area contributed by atoms with Gasteiger partial charge in [0.1, 0.15) is 0 Å². The molecule has 0 bridgehead atoms. The van der Waals surface area contributed by atoms with Crippen LogP contribution in [-0.2, 0) is 17.8 Å². The summed E-state index contributed by atoms with van der Waals surface area (Å²) in [6, 6.07) is 16.2. The van der Waals surface area contributed by atoms with Crippen LogP contribution in [0.15, 0.2) is 48.5 Å². The molecule has 0 fully saturated rings. The second-order valence-electron chi connectivity index (χ2n) is 6.15. The van der Waals surface area contributed by atoms with Gasteiger partial charge in [-0.2, -0.15) is 0 Å². The van der Waals surface area contributed by atoms with Gasteiger partial charge in [0, 0.05) is 24.0 Å². The van der Waals surface area contributed by atoms with Gasteiger partial charge in [-0.15, -0.1) is 0 Å². The van der Waals surface area contributed by atoms with E-state index in [4.69, 9.17) is 17.3 Å². The number of amides is 1. The third-order valence-corrected chi connectivity index (χ3v) is 4.78. The Morgan fingerprint density at radius 2 is 2.00 bits per heavy atom. The minimum atomic E-state index is -0.179. The fourth-order valence-corrected chi connectivity index (χ4v) is 3.34. The highest BCUT2D eigenvalue weighted by Gasteiger charge is 2.32. The molecule has 0 aromatic heterocycles. The van der Waals surface area contributed by atoms with E-state index in [1.54, 1.807) is 0 Å². The Morgan fingerprint density at radius 3 is 2.70 bits per heavy atom. The summed E-state index contributed by atoms with van der Waals surface area (Å²) in [6.07, 6.45) is 0.805. The molecule has 120 valence electrons. The zero-order valence-electron chi connectivity index (χ0n) is 13.2.